The molecule has 30 heavy (non-hydrogen) atoms. The highest BCUT2D eigenvalue weighted by Crippen LogP contribution is 2.32. The number of amides is 1. The van der Waals surface area contributed by atoms with E-state index in [1.54, 1.807) is 18.2 Å². The van der Waals surface area contributed by atoms with Crippen LogP contribution >= 0.6 is 0 Å². The molecule has 1 fully saturated rings. The second kappa shape index (κ2) is 7.99. The second-order valence-corrected chi connectivity index (χ2v) is 7.84. The minimum absolute atomic E-state index is 0.0784. The molecule has 0 aliphatic carbocycles. The standard InChI is InChI=1S/C23H26N4O3/c1-2-27-10-9-16(14-19(27)22-25-17-5-3-4-6-18(17)26-22)24-23(28)15-7-8-20-21(13-15)30-12-11-29-20/h3-8,13,16,19H,2,9-12,14H2,1H3,(H,24,28)(H,25,26). The Bertz CT molecular complexity index is 1030. The monoisotopic (exact) mass is 406 g/mol. The molecule has 0 bridgehead atoms. The van der Waals surface area contributed by atoms with Crippen LogP contribution in [0.3, 0.4) is 0 Å². The van der Waals surface area contributed by atoms with E-state index in [2.05, 4.69) is 22.1 Å². The topological polar surface area (TPSA) is 79.5 Å². The molecule has 0 saturated carbocycles. The summed E-state index contributed by atoms with van der Waals surface area (Å²) >= 11 is 0. The van der Waals surface area contributed by atoms with Gasteiger partial charge in [0.15, 0.2) is 11.5 Å². The van der Waals surface area contributed by atoms with E-state index in [9.17, 15) is 4.79 Å². The number of hydrogen-bond donors (Lipinski definition) is 2. The van der Waals surface area contributed by atoms with Crippen LogP contribution in [0.25, 0.3) is 11.0 Å². The van der Waals surface area contributed by atoms with E-state index in [0.29, 0.717) is 30.3 Å². The average molecular weight is 406 g/mol. The number of aromatic amines is 1. The molecule has 0 radical (unpaired) electrons. The lowest BCUT2D eigenvalue weighted by Gasteiger charge is -2.38. The van der Waals surface area contributed by atoms with E-state index in [1.165, 1.54) is 0 Å². The first kappa shape index (κ1) is 18.9. The Morgan fingerprint density at radius 3 is 2.87 bits per heavy atom. The minimum Gasteiger partial charge on any atom is -0.486 e. The van der Waals surface area contributed by atoms with Crippen molar-refractivity contribution in [1.82, 2.24) is 20.2 Å². The molecule has 1 aromatic heterocycles. The number of para-hydroxylation sites is 2. The van der Waals surface area contributed by atoms with Crippen LogP contribution in [0.1, 0.15) is 42.0 Å². The molecular weight excluding hydrogens is 380 g/mol. The van der Waals surface area contributed by atoms with Gasteiger partial charge in [-0.3, -0.25) is 9.69 Å². The molecule has 1 saturated heterocycles. The summed E-state index contributed by atoms with van der Waals surface area (Å²) in [6, 6.07) is 13.7. The van der Waals surface area contributed by atoms with Gasteiger partial charge in [0.05, 0.1) is 17.1 Å². The molecule has 2 unspecified atom stereocenters. The van der Waals surface area contributed by atoms with E-state index in [-0.39, 0.29) is 18.0 Å². The van der Waals surface area contributed by atoms with Crippen molar-refractivity contribution in [3.8, 4) is 11.5 Å². The van der Waals surface area contributed by atoms with Crippen molar-refractivity contribution < 1.29 is 14.3 Å². The van der Waals surface area contributed by atoms with Gasteiger partial charge in [-0.2, -0.15) is 0 Å². The van der Waals surface area contributed by atoms with Crippen LogP contribution in [0.2, 0.25) is 0 Å². The first-order valence-corrected chi connectivity index (χ1v) is 10.6. The molecule has 2 aliphatic heterocycles. The maximum Gasteiger partial charge on any atom is 0.251 e. The smallest absolute Gasteiger partial charge is 0.251 e. The van der Waals surface area contributed by atoms with Crippen LogP contribution in [0, 0.1) is 0 Å². The Balaban J connectivity index is 1.32. The normalized spacial score (nSPS) is 21.5. The fraction of sp³-hybridized carbons (Fsp3) is 0.391. The summed E-state index contributed by atoms with van der Waals surface area (Å²) in [6.07, 6.45) is 1.74. The van der Waals surface area contributed by atoms with Crippen molar-refractivity contribution in [2.45, 2.75) is 31.8 Å². The predicted octanol–water partition coefficient (Wildman–Crippen LogP) is 3.29. The number of nitrogens with one attached hydrogen (secondary N) is 2. The van der Waals surface area contributed by atoms with Crippen LogP contribution < -0.4 is 14.8 Å². The highest BCUT2D eigenvalue weighted by Gasteiger charge is 2.31. The average Bonchev–Trinajstić information content (AvgIpc) is 3.23. The van der Waals surface area contributed by atoms with Crippen LogP contribution in [-0.4, -0.2) is 53.1 Å². The molecule has 2 aliphatic rings. The summed E-state index contributed by atoms with van der Waals surface area (Å²) in [5, 5.41) is 3.22. The molecule has 156 valence electrons. The van der Waals surface area contributed by atoms with Crippen molar-refractivity contribution in [3.63, 3.8) is 0 Å². The first-order chi connectivity index (χ1) is 14.7. The van der Waals surface area contributed by atoms with Crippen LogP contribution in [-0.2, 0) is 0 Å². The number of benzene rings is 2. The number of rotatable bonds is 4. The van der Waals surface area contributed by atoms with E-state index in [0.717, 1.165) is 42.8 Å². The summed E-state index contributed by atoms with van der Waals surface area (Å²) in [5.74, 6) is 2.22. The molecule has 3 heterocycles. The van der Waals surface area contributed by atoms with E-state index in [1.807, 2.05) is 24.3 Å². The lowest BCUT2D eigenvalue weighted by atomic mass is 9.96. The SMILES string of the molecule is CCN1CCC(NC(=O)c2ccc3c(c2)OCCO3)CC1c1nc2ccccc2[nH]1. The number of nitrogens with zero attached hydrogens (tertiary/aromatic N) is 2. The van der Waals surface area contributed by atoms with Crippen LogP contribution in [0.15, 0.2) is 42.5 Å². The number of H-pyrrole nitrogens is 1. The van der Waals surface area contributed by atoms with Gasteiger partial charge in [0.25, 0.3) is 5.91 Å². The zero-order valence-electron chi connectivity index (χ0n) is 17.1. The summed E-state index contributed by atoms with van der Waals surface area (Å²) in [7, 11) is 0. The molecular formula is C23H26N4O3. The third kappa shape index (κ3) is 3.61. The molecule has 7 heteroatoms. The molecule has 2 atom stereocenters. The Morgan fingerprint density at radius 1 is 1.20 bits per heavy atom. The van der Waals surface area contributed by atoms with E-state index < -0.39 is 0 Å². The van der Waals surface area contributed by atoms with Crippen molar-refractivity contribution >= 4 is 16.9 Å². The van der Waals surface area contributed by atoms with Crippen molar-refractivity contribution in [2.24, 2.45) is 0 Å². The molecule has 1 amide bonds. The molecule has 5 rings (SSSR count). The highest BCUT2D eigenvalue weighted by molar-refractivity contribution is 5.95. The minimum atomic E-state index is -0.0784. The molecule has 7 nitrogen and oxygen atoms in total. The molecule has 2 aromatic carbocycles. The number of piperidine rings is 1. The summed E-state index contributed by atoms with van der Waals surface area (Å²) < 4.78 is 11.2. The summed E-state index contributed by atoms with van der Waals surface area (Å²) in [5.41, 5.74) is 2.62. The van der Waals surface area contributed by atoms with Gasteiger partial charge >= 0.3 is 0 Å². The Labute approximate surface area is 175 Å². The quantitative estimate of drug-likeness (QED) is 0.695. The van der Waals surface area contributed by atoms with E-state index >= 15 is 0 Å². The fourth-order valence-corrected chi connectivity index (χ4v) is 4.39. The van der Waals surface area contributed by atoms with Crippen molar-refractivity contribution in [2.75, 3.05) is 26.3 Å². The van der Waals surface area contributed by atoms with Crippen molar-refractivity contribution in [1.29, 1.82) is 0 Å². The third-order valence-electron chi connectivity index (χ3n) is 5.98. The third-order valence-corrected chi connectivity index (χ3v) is 5.98. The second-order valence-electron chi connectivity index (χ2n) is 7.84. The van der Waals surface area contributed by atoms with Crippen LogP contribution in [0.5, 0.6) is 11.5 Å². The summed E-state index contributed by atoms with van der Waals surface area (Å²) in [6.45, 7) is 5.09. The van der Waals surface area contributed by atoms with Crippen molar-refractivity contribution in [3.05, 3.63) is 53.9 Å². The maximum absolute atomic E-state index is 12.9. The fourth-order valence-electron chi connectivity index (χ4n) is 4.39. The number of likely N-dealkylation sites (tertiary alicyclic amines) is 1. The largest absolute Gasteiger partial charge is 0.486 e. The Kier molecular flexibility index (Phi) is 5.04. The summed E-state index contributed by atoms with van der Waals surface area (Å²) in [4.78, 5) is 23.6. The lowest BCUT2D eigenvalue weighted by molar-refractivity contribution is 0.0859. The van der Waals surface area contributed by atoms with Gasteiger partial charge in [-0.1, -0.05) is 19.1 Å². The Hall–Kier alpha value is -3.06. The molecule has 3 aromatic rings. The Morgan fingerprint density at radius 2 is 2.03 bits per heavy atom. The number of aromatic nitrogens is 2. The first-order valence-electron chi connectivity index (χ1n) is 10.6. The molecule has 0 spiro atoms. The number of carbonyl (C=O) groups excluding carboxylic acids is 1. The number of imidazole rings is 1. The molecule has 2 N–H and O–H groups in total. The maximum atomic E-state index is 12.9. The van der Waals surface area contributed by atoms with Gasteiger partial charge in [-0.05, 0) is 49.7 Å². The van der Waals surface area contributed by atoms with Gasteiger partial charge in [0.1, 0.15) is 19.0 Å². The number of fused-ring (bicyclic) bond motifs is 2. The number of hydrogen-bond acceptors (Lipinski definition) is 5. The lowest BCUT2D eigenvalue weighted by Crippen LogP contribution is -2.46. The van der Waals surface area contributed by atoms with E-state index in [4.69, 9.17) is 14.5 Å². The zero-order chi connectivity index (χ0) is 20.5. The number of ether oxygens (including phenoxy) is 2. The zero-order valence-corrected chi connectivity index (χ0v) is 17.1. The van der Waals surface area contributed by atoms with Crippen LogP contribution in [0.4, 0.5) is 0 Å². The van der Waals surface area contributed by atoms with Gasteiger partial charge in [-0.25, -0.2) is 4.98 Å². The van der Waals surface area contributed by atoms with Gasteiger partial charge in [0, 0.05) is 18.2 Å². The number of carbonyl (C=O) groups is 1. The highest BCUT2D eigenvalue weighted by atomic mass is 16.6. The predicted molar refractivity (Wildman–Crippen MR) is 114 cm³/mol. The van der Waals surface area contributed by atoms with Gasteiger partial charge < -0.3 is 19.8 Å². The van der Waals surface area contributed by atoms with Gasteiger partial charge in [-0.15, -0.1) is 0 Å². The van der Waals surface area contributed by atoms with Gasteiger partial charge in [0.2, 0.25) is 0 Å².